The number of carbonyl (C=O) groups is 1. The van der Waals surface area contributed by atoms with E-state index in [1.165, 1.54) is 4.70 Å². The summed E-state index contributed by atoms with van der Waals surface area (Å²) in [5, 5.41) is 12.8. The van der Waals surface area contributed by atoms with E-state index in [-0.39, 0.29) is 10.4 Å². The van der Waals surface area contributed by atoms with Crippen LogP contribution in [0, 0.1) is 6.92 Å². The van der Waals surface area contributed by atoms with Gasteiger partial charge in [-0.3, -0.25) is 4.79 Å². The highest BCUT2D eigenvalue weighted by Crippen LogP contribution is 2.28. The molecule has 0 aliphatic carbocycles. The maximum atomic E-state index is 12.3. The summed E-state index contributed by atoms with van der Waals surface area (Å²) < 4.78 is 1.19. The lowest BCUT2D eigenvalue weighted by molar-refractivity contribution is 0.0701. The molecule has 0 unspecified atom stereocenters. The van der Waals surface area contributed by atoms with Gasteiger partial charge in [-0.25, -0.2) is 9.78 Å². The maximum absolute atomic E-state index is 12.3. The minimum Gasteiger partial charge on any atom is -0.477 e. The zero-order valence-electron chi connectivity index (χ0n) is 13.1. The molecule has 0 radical (unpaired) electrons. The van der Waals surface area contributed by atoms with Gasteiger partial charge < -0.3 is 10.1 Å². The van der Waals surface area contributed by atoms with E-state index in [9.17, 15) is 14.7 Å². The molecule has 0 amide bonds. The van der Waals surface area contributed by atoms with E-state index in [2.05, 4.69) is 21.4 Å². The Kier molecular flexibility index (Phi) is 3.74. The molecule has 0 aliphatic rings. The molecule has 0 atom stereocenters. The van der Waals surface area contributed by atoms with Gasteiger partial charge in [0.2, 0.25) is 0 Å². The number of carboxylic acids is 1. The largest absolute Gasteiger partial charge is 0.477 e. The van der Waals surface area contributed by atoms with E-state index in [1.807, 2.05) is 24.3 Å². The molecular weight excluding hydrogens is 356 g/mol. The van der Waals surface area contributed by atoms with E-state index in [0.29, 0.717) is 21.6 Å². The summed E-state index contributed by atoms with van der Waals surface area (Å²) in [5.41, 5.74) is 1.19. The summed E-state index contributed by atoms with van der Waals surface area (Å²) >= 11 is 2.68. The predicted octanol–water partition coefficient (Wildman–Crippen LogP) is 4.38. The number of nitrogens with one attached hydrogen (secondary N) is 1. The molecule has 1 aromatic carbocycles. The third-order valence-electron chi connectivity index (χ3n) is 3.94. The summed E-state index contributed by atoms with van der Waals surface area (Å²) in [6.07, 6.45) is 3.65. The van der Waals surface area contributed by atoms with Crippen molar-refractivity contribution in [1.82, 2.24) is 9.97 Å². The first-order valence-electron chi connectivity index (χ1n) is 7.45. The molecule has 3 aromatic heterocycles. The quantitative estimate of drug-likeness (QED) is 0.562. The number of aryl methyl sites for hydroxylation is 1. The summed E-state index contributed by atoms with van der Waals surface area (Å²) in [4.78, 5) is 31.3. The van der Waals surface area contributed by atoms with Gasteiger partial charge in [0.05, 0.1) is 5.39 Å². The summed E-state index contributed by atoms with van der Waals surface area (Å²) in [6.45, 7) is 1.63. The monoisotopic (exact) mass is 368 g/mol. The fourth-order valence-corrected chi connectivity index (χ4v) is 4.70. The number of rotatable bonds is 3. The van der Waals surface area contributed by atoms with Crippen LogP contribution in [0.25, 0.3) is 32.5 Å². The third-order valence-corrected chi connectivity index (χ3v) is 6.10. The van der Waals surface area contributed by atoms with Gasteiger partial charge in [0.15, 0.2) is 0 Å². The normalized spacial score (nSPS) is 11.7. The van der Waals surface area contributed by atoms with Gasteiger partial charge in [0.25, 0.3) is 5.56 Å². The number of nitrogens with zero attached hydrogens (tertiary/aromatic N) is 1. The average molecular weight is 368 g/mol. The second-order valence-corrected chi connectivity index (χ2v) is 7.42. The Bertz CT molecular complexity index is 1210. The molecule has 0 fully saturated rings. The molecule has 0 saturated carbocycles. The van der Waals surface area contributed by atoms with E-state index in [0.717, 1.165) is 22.3 Å². The van der Waals surface area contributed by atoms with Gasteiger partial charge in [-0.1, -0.05) is 18.2 Å². The van der Waals surface area contributed by atoms with E-state index >= 15 is 0 Å². The Hall–Kier alpha value is -2.77. The topological polar surface area (TPSA) is 83.0 Å². The van der Waals surface area contributed by atoms with Gasteiger partial charge in [-0.15, -0.1) is 22.7 Å². The molecule has 0 bridgehead atoms. The van der Waals surface area contributed by atoms with Crippen LogP contribution in [0.4, 0.5) is 0 Å². The first kappa shape index (κ1) is 15.7. The van der Waals surface area contributed by atoms with Crippen LogP contribution in [0.15, 0.2) is 34.4 Å². The van der Waals surface area contributed by atoms with Crippen molar-refractivity contribution in [3.8, 4) is 0 Å². The van der Waals surface area contributed by atoms with Gasteiger partial charge in [-0.05, 0) is 47.0 Å². The number of aromatic carboxylic acids is 1. The summed E-state index contributed by atoms with van der Waals surface area (Å²) in [6, 6.07) is 8.09. The highest BCUT2D eigenvalue weighted by molar-refractivity contribution is 7.20. The fraction of sp³-hybridized carbons (Fsp3) is 0.0556. The lowest BCUT2D eigenvalue weighted by Crippen LogP contribution is -2.09. The molecule has 0 saturated heterocycles. The number of carboxylic acid groups (broad SMARTS) is 1. The van der Waals surface area contributed by atoms with Crippen LogP contribution in [0.3, 0.4) is 0 Å². The number of hydrogen-bond acceptors (Lipinski definition) is 5. The molecule has 2 N–H and O–H groups in total. The van der Waals surface area contributed by atoms with E-state index in [1.54, 1.807) is 24.3 Å². The SMILES string of the molecule is Cc1c(C(=O)O)sc2nc(/C=C/c3csc4ccccc34)[nH]c(=O)c12. The van der Waals surface area contributed by atoms with Gasteiger partial charge in [0, 0.05) is 4.70 Å². The summed E-state index contributed by atoms with van der Waals surface area (Å²) in [7, 11) is 0. The Morgan fingerprint density at radius 1 is 1.28 bits per heavy atom. The highest BCUT2D eigenvalue weighted by atomic mass is 32.1. The number of hydrogen-bond donors (Lipinski definition) is 2. The molecule has 4 rings (SSSR count). The standard InChI is InChI=1S/C18H12N2O3S2/c1-9-14-16(21)19-13(20-17(14)25-15(9)18(22)23)7-6-10-8-24-12-5-3-2-4-11(10)12/h2-8H,1H3,(H,22,23)(H,19,20,21)/b7-6+. The lowest BCUT2D eigenvalue weighted by Gasteiger charge is -1.95. The Morgan fingerprint density at radius 3 is 2.88 bits per heavy atom. The molecule has 3 heterocycles. The lowest BCUT2D eigenvalue weighted by atomic mass is 10.1. The minimum absolute atomic E-state index is 0.151. The van der Waals surface area contributed by atoms with Crippen LogP contribution < -0.4 is 5.56 Å². The Balaban J connectivity index is 1.79. The van der Waals surface area contributed by atoms with Crippen molar-refractivity contribution >= 4 is 61.1 Å². The molecule has 5 nitrogen and oxygen atoms in total. The molecule has 0 spiro atoms. The molecule has 7 heteroatoms. The van der Waals surface area contributed by atoms with Gasteiger partial charge in [-0.2, -0.15) is 0 Å². The summed E-state index contributed by atoms with van der Waals surface area (Å²) in [5.74, 6) is -0.632. The van der Waals surface area contributed by atoms with Crippen molar-refractivity contribution in [2.75, 3.05) is 0 Å². The molecule has 0 aliphatic heterocycles. The van der Waals surface area contributed by atoms with E-state index in [4.69, 9.17) is 0 Å². The smallest absolute Gasteiger partial charge is 0.346 e. The van der Waals surface area contributed by atoms with Gasteiger partial charge >= 0.3 is 5.97 Å². The minimum atomic E-state index is -1.04. The predicted molar refractivity (Wildman–Crippen MR) is 103 cm³/mol. The molecular formula is C18H12N2O3S2. The van der Waals surface area contributed by atoms with E-state index < -0.39 is 5.97 Å². The molecule has 25 heavy (non-hydrogen) atoms. The van der Waals surface area contributed by atoms with Crippen molar-refractivity contribution in [3.05, 3.63) is 61.8 Å². The zero-order chi connectivity index (χ0) is 17.6. The number of thiophene rings is 2. The van der Waals surface area contributed by atoms with Crippen molar-refractivity contribution in [2.24, 2.45) is 0 Å². The number of benzene rings is 1. The second kappa shape index (κ2) is 5.94. The molecule has 124 valence electrons. The van der Waals surface area contributed by atoms with Crippen molar-refractivity contribution in [1.29, 1.82) is 0 Å². The van der Waals surface area contributed by atoms with Crippen LogP contribution >= 0.6 is 22.7 Å². The first-order chi connectivity index (χ1) is 12.0. The van der Waals surface area contributed by atoms with Gasteiger partial charge in [0.1, 0.15) is 15.5 Å². The van der Waals surface area contributed by atoms with Crippen LogP contribution in [-0.4, -0.2) is 21.0 Å². The number of aromatic amines is 1. The molecule has 4 aromatic rings. The van der Waals surface area contributed by atoms with Crippen molar-refractivity contribution in [3.63, 3.8) is 0 Å². The average Bonchev–Trinajstić information content (AvgIpc) is 3.14. The van der Waals surface area contributed by atoms with Crippen molar-refractivity contribution < 1.29 is 9.90 Å². The third kappa shape index (κ3) is 2.67. The van der Waals surface area contributed by atoms with Crippen LogP contribution in [0.5, 0.6) is 0 Å². The first-order valence-corrected chi connectivity index (χ1v) is 9.15. The second-order valence-electron chi connectivity index (χ2n) is 5.51. The fourth-order valence-electron chi connectivity index (χ4n) is 2.74. The Morgan fingerprint density at radius 2 is 2.08 bits per heavy atom. The number of fused-ring (bicyclic) bond motifs is 2. The Labute approximate surface area is 149 Å². The van der Waals surface area contributed by atoms with Crippen LogP contribution in [0.2, 0.25) is 0 Å². The van der Waals surface area contributed by atoms with Crippen molar-refractivity contribution in [2.45, 2.75) is 6.92 Å². The van der Waals surface area contributed by atoms with Crippen LogP contribution in [-0.2, 0) is 0 Å². The number of aromatic nitrogens is 2. The zero-order valence-corrected chi connectivity index (χ0v) is 14.7. The maximum Gasteiger partial charge on any atom is 0.346 e. The number of H-pyrrole nitrogens is 1. The highest BCUT2D eigenvalue weighted by Gasteiger charge is 2.18. The van der Waals surface area contributed by atoms with Crippen LogP contribution in [0.1, 0.15) is 26.6 Å².